The minimum Gasteiger partial charge on any atom is -0.369 e. The molecule has 0 aliphatic rings. The second kappa shape index (κ2) is 14.3. The minimum atomic E-state index is 0.0416. The lowest BCUT2D eigenvalue weighted by molar-refractivity contribution is 0.967. The van der Waals surface area contributed by atoms with E-state index in [1.54, 1.807) is 0 Å². The normalized spacial score (nSPS) is 12.9. The van der Waals surface area contributed by atoms with Crippen LogP contribution in [0, 0.1) is 0 Å². The molecule has 0 bridgehead atoms. The van der Waals surface area contributed by atoms with Crippen LogP contribution in [-0.2, 0) is 0 Å². The Labute approximate surface area is 332 Å². The van der Waals surface area contributed by atoms with E-state index in [1.807, 2.05) is 6.07 Å². The van der Waals surface area contributed by atoms with Gasteiger partial charge in [0.1, 0.15) is 0 Å². The Morgan fingerprint density at radius 1 is 0.509 bits per heavy atom. The molecule has 0 radical (unpaired) electrons. The molecule has 10 aromatic rings. The first-order valence-electron chi connectivity index (χ1n) is 19.5. The first-order valence-corrected chi connectivity index (χ1v) is 19.5. The summed E-state index contributed by atoms with van der Waals surface area (Å²) in [5.41, 5.74) is 20.4. The predicted molar refractivity (Wildman–Crippen MR) is 241 cm³/mol. The van der Waals surface area contributed by atoms with E-state index in [1.165, 1.54) is 33.0 Å². The molecule has 1 unspecified atom stereocenters. The molecule has 0 aliphatic heterocycles. The van der Waals surface area contributed by atoms with E-state index in [9.17, 15) is 0 Å². The number of benzene rings is 8. The number of nitrogens with two attached hydrogens (primary N) is 1. The molecule has 2 heterocycles. The third-order valence-electron chi connectivity index (χ3n) is 11.1. The zero-order chi connectivity index (χ0) is 38.3. The van der Waals surface area contributed by atoms with Crippen molar-refractivity contribution in [3.05, 3.63) is 217 Å². The minimum absolute atomic E-state index is 0.0416. The van der Waals surface area contributed by atoms with Gasteiger partial charge >= 0.3 is 0 Å². The number of aliphatic imine (C=N–C) groups is 1. The first-order chi connectivity index (χ1) is 28.1. The topological polar surface area (TPSA) is 48.2 Å². The number of hydrogen-bond donors (Lipinski definition) is 1. The smallest absolute Gasteiger partial charge is 0.205 e. The van der Waals surface area contributed by atoms with Crippen molar-refractivity contribution in [1.29, 1.82) is 0 Å². The van der Waals surface area contributed by atoms with Crippen molar-refractivity contribution in [3.8, 4) is 27.9 Å². The lowest BCUT2D eigenvalue weighted by atomic mass is 9.94. The van der Waals surface area contributed by atoms with Crippen molar-refractivity contribution >= 4 is 55.3 Å². The summed E-state index contributed by atoms with van der Waals surface area (Å²) >= 11 is 0. The van der Waals surface area contributed by atoms with Crippen LogP contribution in [0.5, 0.6) is 0 Å². The lowest BCUT2D eigenvalue weighted by Gasteiger charge is -2.14. The molecule has 4 heteroatoms. The number of rotatable bonds is 7. The van der Waals surface area contributed by atoms with Crippen LogP contribution < -0.4 is 5.73 Å². The van der Waals surface area contributed by atoms with E-state index >= 15 is 0 Å². The Bertz CT molecular complexity index is 3130. The highest BCUT2D eigenvalue weighted by Crippen LogP contribution is 2.41. The van der Waals surface area contributed by atoms with Gasteiger partial charge in [-0.1, -0.05) is 177 Å². The van der Waals surface area contributed by atoms with Crippen molar-refractivity contribution < 1.29 is 0 Å². The maximum atomic E-state index is 7.31. The fourth-order valence-corrected chi connectivity index (χ4v) is 8.43. The summed E-state index contributed by atoms with van der Waals surface area (Å²) < 4.78 is 4.52. The van der Waals surface area contributed by atoms with E-state index < -0.39 is 0 Å². The van der Waals surface area contributed by atoms with Gasteiger partial charge in [-0.2, -0.15) is 0 Å². The molecule has 0 spiro atoms. The molecular formula is C53H40N4. The molecule has 0 aliphatic carbocycles. The molecule has 57 heavy (non-hydrogen) atoms. The molecule has 0 fully saturated rings. The third kappa shape index (κ3) is 6.09. The average molecular weight is 733 g/mol. The van der Waals surface area contributed by atoms with Crippen LogP contribution in [0.25, 0.3) is 77.2 Å². The van der Waals surface area contributed by atoms with Gasteiger partial charge in [-0.25, -0.2) is 4.99 Å². The molecule has 1 atom stereocenters. The van der Waals surface area contributed by atoms with Gasteiger partial charge < -0.3 is 10.3 Å². The van der Waals surface area contributed by atoms with Crippen molar-refractivity contribution in [2.24, 2.45) is 10.7 Å². The Balaban J connectivity index is 1.19. The van der Waals surface area contributed by atoms with Gasteiger partial charge in [-0.05, 0) is 64.2 Å². The van der Waals surface area contributed by atoms with Crippen LogP contribution in [0.2, 0.25) is 0 Å². The highest BCUT2D eigenvalue weighted by atomic mass is 15.2. The number of hydrogen-bond acceptors (Lipinski definition) is 1. The molecule has 2 aromatic heterocycles. The molecule has 0 saturated carbocycles. The van der Waals surface area contributed by atoms with Gasteiger partial charge in [-0.15, -0.1) is 0 Å². The summed E-state index contributed by atoms with van der Waals surface area (Å²) in [7, 11) is 0. The van der Waals surface area contributed by atoms with Gasteiger partial charge in [0.2, 0.25) is 5.96 Å². The van der Waals surface area contributed by atoms with E-state index in [0.29, 0.717) is 5.96 Å². The van der Waals surface area contributed by atoms with E-state index in [2.05, 4.69) is 216 Å². The SMILES string of the molecule is CC(/C=C(\N=C(N)n1c2ccccc2c2c1ccc1c3ccccc3n(-c3ccccc3)c12)c1cccc(-c2ccccc2)c1)c1cccc(-c2ccccc2)c1. The lowest BCUT2D eigenvalue weighted by Crippen LogP contribution is -2.22. The molecular weight excluding hydrogens is 693 g/mol. The van der Waals surface area contributed by atoms with Crippen molar-refractivity contribution in [3.63, 3.8) is 0 Å². The highest BCUT2D eigenvalue weighted by molar-refractivity contribution is 6.27. The van der Waals surface area contributed by atoms with Crippen LogP contribution in [0.4, 0.5) is 0 Å². The van der Waals surface area contributed by atoms with Crippen molar-refractivity contribution in [1.82, 2.24) is 9.13 Å². The van der Waals surface area contributed by atoms with Crippen LogP contribution in [-0.4, -0.2) is 15.1 Å². The maximum Gasteiger partial charge on any atom is 0.205 e. The van der Waals surface area contributed by atoms with Gasteiger partial charge in [0, 0.05) is 38.7 Å². The summed E-state index contributed by atoms with van der Waals surface area (Å²) in [5.74, 6) is 0.449. The zero-order valence-corrected chi connectivity index (χ0v) is 31.6. The quantitative estimate of drug-likeness (QED) is 0.129. The third-order valence-corrected chi connectivity index (χ3v) is 11.1. The zero-order valence-electron chi connectivity index (χ0n) is 31.6. The van der Waals surface area contributed by atoms with Gasteiger partial charge in [0.25, 0.3) is 0 Å². The molecule has 10 rings (SSSR count). The number of nitrogens with zero attached hydrogens (tertiary/aromatic N) is 3. The summed E-state index contributed by atoms with van der Waals surface area (Å²) in [5, 5.41) is 4.68. The van der Waals surface area contributed by atoms with Crippen LogP contribution in [0.3, 0.4) is 0 Å². The monoisotopic (exact) mass is 732 g/mol. The molecule has 2 N–H and O–H groups in total. The fourth-order valence-electron chi connectivity index (χ4n) is 8.43. The molecule has 0 saturated heterocycles. The van der Waals surface area contributed by atoms with Crippen molar-refractivity contribution in [2.45, 2.75) is 12.8 Å². The number of aromatic nitrogens is 2. The first kappa shape index (κ1) is 34.1. The van der Waals surface area contributed by atoms with E-state index in [-0.39, 0.29) is 5.92 Å². The van der Waals surface area contributed by atoms with Crippen LogP contribution in [0.1, 0.15) is 24.0 Å². The van der Waals surface area contributed by atoms with Gasteiger partial charge in [0.15, 0.2) is 0 Å². The Morgan fingerprint density at radius 3 is 1.81 bits per heavy atom. The van der Waals surface area contributed by atoms with Gasteiger partial charge in [-0.3, -0.25) is 4.57 Å². The standard InChI is InChI=1S/C53H40N4/c1-36(39-21-15-22-40(34-39)37-17-5-2-6-18-37)33-47(42-24-16-23-41(35-42)38-19-7-3-8-20-38)55-53(54)57-49-30-14-12-28-46(49)51-50(57)32-31-45-44-27-11-13-29-48(44)56(52(45)51)43-25-9-4-10-26-43/h2-36H,1H3,(H2,54,55)/b47-33-. The van der Waals surface area contributed by atoms with Crippen LogP contribution in [0.15, 0.2) is 211 Å². The summed E-state index contributed by atoms with van der Waals surface area (Å²) in [6, 6.07) is 70.7. The summed E-state index contributed by atoms with van der Waals surface area (Å²) in [6.45, 7) is 2.23. The summed E-state index contributed by atoms with van der Waals surface area (Å²) in [6.07, 6.45) is 2.25. The van der Waals surface area contributed by atoms with E-state index in [0.717, 1.165) is 55.4 Å². The van der Waals surface area contributed by atoms with Gasteiger partial charge in [0.05, 0.1) is 27.8 Å². The van der Waals surface area contributed by atoms with Crippen LogP contribution >= 0.6 is 0 Å². The molecule has 0 amide bonds. The maximum absolute atomic E-state index is 7.31. The van der Waals surface area contributed by atoms with Crippen molar-refractivity contribution in [2.75, 3.05) is 0 Å². The van der Waals surface area contributed by atoms with E-state index in [4.69, 9.17) is 10.7 Å². The second-order valence-corrected chi connectivity index (χ2v) is 14.6. The Kier molecular flexibility index (Phi) is 8.57. The number of allylic oxidation sites excluding steroid dienone is 1. The number of para-hydroxylation sites is 3. The predicted octanol–water partition coefficient (Wildman–Crippen LogP) is 13.2. The molecule has 8 aromatic carbocycles. The average Bonchev–Trinajstić information content (AvgIpc) is 3.80. The second-order valence-electron chi connectivity index (χ2n) is 14.6. The number of fused-ring (bicyclic) bond motifs is 7. The largest absolute Gasteiger partial charge is 0.369 e. The summed E-state index contributed by atoms with van der Waals surface area (Å²) in [4.78, 5) is 5.39. The Hall–Kier alpha value is -7.43. The Morgan fingerprint density at radius 2 is 1.09 bits per heavy atom. The fraction of sp³-hybridized carbons (Fsp3) is 0.0377. The highest BCUT2D eigenvalue weighted by Gasteiger charge is 2.21. The molecule has 272 valence electrons. The molecule has 4 nitrogen and oxygen atoms in total.